The Morgan fingerprint density at radius 3 is 2.52 bits per heavy atom. The maximum atomic E-state index is 14.5. The molecule has 0 fully saturated rings. The number of methoxy groups -OCH3 is 1. The van der Waals surface area contributed by atoms with Gasteiger partial charge in [-0.05, 0) is 68.5 Å². The highest BCUT2D eigenvalue weighted by Gasteiger charge is 2.29. The molecule has 0 aromatic heterocycles. The van der Waals surface area contributed by atoms with Crippen LogP contribution < -0.4 is 14.4 Å². The molecule has 0 aliphatic heterocycles. The first-order valence-corrected chi connectivity index (χ1v) is 11.7. The topological polar surface area (TPSA) is 75.7 Å². The first-order valence-electron chi connectivity index (χ1n) is 10.3. The van der Waals surface area contributed by atoms with E-state index in [2.05, 4.69) is 11.4 Å². The maximum Gasteiger partial charge on any atom is 0.264 e. The van der Waals surface area contributed by atoms with Gasteiger partial charge in [0.25, 0.3) is 10.0 Å². The molecular weight excluding hydrogens is 419 g/mol. The molecule has 1 aliphatic carbocycles. The molecule has 8 heteroatoms. The lowest BCUT2D eigenvalue weighted by atomic mass is 9.97. The van der Waals surface area contributed by atoms with E-state index in [0.717, 1.165) is 30.0 Å². The van der Waals surface area contributed by atoms with Gasteiger partial charge in [-0.1, -0.05) is 23.8 Å². The zero-order chi connectivity index (χ0) is 22.3. The Morgan fingerprint density at radius 2 is 1.87 bits per heavy atom. The van der Waals surface area contributed by atoms with Gasteiger partial charge in [0.05, 0.1) is 17.7 Å². The van der Waals surface area contributed by atoms with Gasteiger partial charge in [-0.15, -0.1) is 0 Å². The smallest absolute Gasteiger partial charge is 0.264 e. The highest BCUT2D eigenvalue weighted by molar-refractivity contribution is 7.92. The molecular formula is C23H27FN2O4S. The van der Waals surface area contributed by atoms with E-state index in [1.165, 1.54) is 67.6 Å². The van der Waals surface area contributed by atoms with E-state index >= 15 is 0 Å². The summed E-state index contributed by atoms with van der Waals surface area (Å²) in [6.07, 6.45) is 7.37. The van der Waals surface area contributed by atoms with Crippen molar-refractivity contribution in [1.29, 1.82) is 0 Å². The quantitative estimate of drug-likeness (QED) is 0.590. The van der Waals surface area contributed by atoms with Gasteiger partial charge in [0.1, 0.15) is 18.1 Å². The second kappa shape index (κ2) is 10.4. The number of nitrogens with one attached hydrogen (secondary N) is 1. The normalized spacial score (nSPS) is 13.9. The van der Waals surface area contributed by atoms with Crippen LogP contribution in [0.3, 0.4) is 0 Å². The SMILES string of the molecule is COc1ccc(S(=O)(=O)N(CC(=O)NCCC2=CCCCC2)c2ccccc2F)cc1. The zero-order valence-corrected chi connectivity index (χ0v) is 18.3. The number of halogens is 1. The largest absolute Gasteiger partial charge is 0.497 e. The van der Waals surface area contributed by atoms with Gasteiger partial charge in [-0.2, -0.15) is 0 Å². The molecule has 1 amide bonds. The molecule has 0 saturated carbocycles. The minimum atomic E-state index is -4.18. The van der Waals surface area contributed by atoms with E-state index < -0.39 is 28.3 Å². The summed E-state index contributed by atoms with van der Waals surface area (Å²) < 4.78 is 46.9. The molecule has 0 unspecified atom stereocenters. The predicted octanol–water partition coefficient (Wildman–Crippen LogP) is 4.04. The summed E-state index contributed by atoms with van der Waals surface area (Å²) >= 11 is 0. The second-order valence-corrected chi connectivity index (χ2v) is 9.21. The van der Waals surface area contributed by atoms with Crippen LogP contribution in [0.1, 0.15) is 32.1 Å². The summed E-state index contributed by atoms with van der Waals surface area (Å²) in [6.45, 7) is -0.104. The fraction of sp³-hybridized carbons (Fsp3) is 0.348. The molecule has 0 heterocycles. The van der Waals surface area contributed by atoms with Crippen molar-refractivity contribution in [2.45, 2.75) is 37.0 Å². The van der Waals surface area contributed by atoms with E-state index in [4.69, 9.17) is 4.74 Å². The minimum Gasteiger partial charge on any atom is -0.497 e. The van der Waals surface area contributed by atoms with Crippen molar-refractivity contribution in [2.75, 3.05) is 24.5 Å². The fourth-order valence-corrected chi connectivity index (χ4v) is 4.94. The first-order chi connectivity index (χ1) is 14.9. The summed E-state index contributed by atoms with van der Waals surface area (Å²) in [6, 6.07) is 11.3. The molecule has 0 bridgehead atoms. The summed E-state index contributed by atoms with van der Waals surface area (Å²) in [5, 5.41) is 2.76. The third-order valence-electron chi connectivity index (χ3n) is 5.21. The van der Waals surface area contributed by atoms with Gasteiger partial charge in [-0.25, -0.2) is 12.8 Å². The van der Waals surface area contributed by atoms with Crippen LogP contribution in [0.25, 0.3) is 0 Å². The monoisotopic (exact) mass is 446 g/mol. The number of carbonyl (C=O) groups is 1. The summed E-state index contributed by atoms with van der Waals surface area (Å²) in [5.41, 5.74) is 1.13. The van der Waals surface area contributed by atoms with Gasteiger partial charge in [0.2, 0.25) is 5.91 Å². The molecule has 2 aromatic carbocycles. The number of ether oxygens (including phenoxy) is 1. The Morgan fingerprint density at radius 1 is 1.13 bits per heavy atom. The van der Waals surface area contributed by atoms with Crippen LogP contribution in [0, 0.1) is 5.82 Å². The molecule has 2 aromatic rings. The molecule has 166 valence electrons. The van der Waals surface area contributed by atoms with Crippen LogP contribution in [0.4, 0.5) is 10.1 Å². The number of anilines is 1. The Labute approximate surface area is 182 Å². The van der Waals surface area contributed by atoms with Crippen molar-refractivity contribution >= 4 is 21.6 Å². The van der Waals surface area contributed by atoms with Crippen LogP contribution in [0.2, 0.25) is 0 Å². The highest BCUT2D eigenvalue weighted by atomic mass is 32.2. The molecule has 0 radical (unpaired) electrons. The summed E-state index contributed by atoms with van der Waals surface area (Å²) in [7, 11) is -2.70. The van der Waals surface area contributed by atoms with Crippen LogP contribution >= 0.6 is 0 Å². The van der Waals surface area contributed by atoms with E-state index in [1.54, 1.807) is 0 Å². The number of rotatable bonds is 9. The molecule has 3 rings (SSSR count). The number of hydrogen-bond donors (Lipinski definition) is 1. The Balaban J connectivity index is 1.78. The van der Waals surface area contributed by atoms with Crippen molar-refractivity contribution in [3.63, 3.8) is 0 Å². The van der Waals surface area contributed by atoms with Crippen LogP contribution in [-0.4, -0.2) is 34.5 Å². The number of allylic oxidation sites excluding steroid dienone is 1. The summed E-state index contributed by atoms with van der Waals surface area (Å²) in [5.74, 6) is -0.720. The molecule has 1 N–H and O–H groups in total. The molecule has 31 heavy (non-hydrogen) atoms. The van der Waals surface area contributed by atoms with Gasteiger partial charge < -0.3 is 10.1 Å². The van der Waals surface area contributed by atoms with Gasteiger partial charge in [0.15, 0.2) is 0 Å². The minimum absolute atomic E-state index is 0.0586. The highest BCUT2D eigenvalue weighted by Crippen LogP contribution is 2.27. The van der Waals surface area contributed by atoms with Crippen molar-refractivity contribution in [3.8, 4) is 5.75 Å². The number of hydrogen-bond acceptors (Lipinski definition) is 4. The molecule has 0 atom stereocenters. The van der Waals surface area contributed by atoms with Crippen LogP contribution in [0.15, 0.2) is 65.1 Å². The lowest BCUT2D eigenvalue weighted by Crippen LogP contribution is -2.41. The van der Waals surface area contributed by atoms with Crippen LogP contribution in [-0.2, 0) is 14.8 Å². The molecule has 1 aliphatic rings. The molecule has 0 spiro atoms. The Kier molecular flexibility index (Phi) is 7.68. The lowest BCUT2D eigenvalue weighted by Gasteiger charge is -2.24. The van der Waals surface area contributed by atoms with Crippen molar-refractivity contribution in [2.24, 2.45) is 0 Å². The van der Waals surface area contributed by atoms with E-state index in [9.17, 15) is 17.6 Å². The standard InChI is InChI=1S/C23H27FN2O4S/c1-30-19-11-13-20(14-12-19)31(28,29)26(22-10-6-5-9-21(22)24)17-23(27)25-16-15-18-7-3-2-4-8-18/h5-7,9-14H,2-4,8,15-17H2,1H3,(H,25,27). The number of amides is 1. The van der Waals surface area contributed by atoms with E-state index in [1.807, 2.05) is 0 Å². The average molecular weight is 447 g/mol. The van der Waals surface area contributed by atoms with Crippen molar-refractivity contribution in [1.82, 2.24) is 5.32 Å². The second-order valence-electron chi connectivity index (χ2n) is 7.35. The number of carbonyl (C=O) groups excluding carboxylic acids is 1. The lowest BCUT2D eigenvalue weighted by molar-refractivity contribution is -0.119. The zero-order valence-electron chi connectivity index (χ0n) is 17.5. The Hall–Kier alpha value is -2.87. The fourth-order valence-electron chi connectivity index (χ4n) is 3.51. The summed E-state index contributed by atoms with van der Waals surface area (Å²) in [4.78, 5) is 12.5. The third kappa shape index (κ3) is 5.85. The van der Waals surface area contributed by atoms with E-state index in [0.29, 0.717) is 12.3 Å². The maximum absolute atomic E-state index is 14.5. The predicted molar refractivity (Wildman–Crippen MR) is 118 cm³/mol. The number of sulfonamides is 1. The number of nitrogens with zero attached hydrogens (tertiary/aromatic N) is 1. The van der Waals surface area contributed by atoms with Gasteiger partial charge in [-0.3, -0.25) is 9.10 Å². The van der Waals surface area contributed by atoms with Gasteiger partial charge >= 0.3 is 0 Å². The number of benzene rings is 2. The molecule has 0 saturated heterocycles. The first kappa shape index (κ1) is 22.8. The third-order valence-corrected chi connectivity index (χ3v) is 6.98. The van der Waals surface area contributed by atoms with Crippen molar-refractivity contribution in [3.05, 3.63) is 66.0 Å². The average Bonchev–Trinajstić information content (AvgIpc) is 2.79. The Bertz CT molecular complexity index is 1040. The van der Waals surface area contributed by atoms with Crippen LogP contribution in [0.5, 0.6) is 5.75 Å². The number of para-hydroxylation sites is 1. The van der Waals surface area contributed by atoms with Gasteiger partial charge in [0, 0.05) is 6.54 Å². The molecule has 6 nitrogen and oxygen atoms in total. The van der Waals surface area contributed by atoms with Crippen molar-refractivity contribution < 1.29 is 22.3 Å². The van der Waals surface area contributed by atoms with E-state index in [-0.39, 0.29) is 10.6 Å².